The van der Waals surface area contributed by atoms with Gasteiger partial charge in [-0.15, -0.1) is 0 Å². The molecule has 0 radical (unpaired) electrons. The van der Waals surface area contributed by atoms with Gasteiger partial charge in [-0.05, 0) is 12.3 Å². The summed E-state index contributed by atoms with van der Waals surface area (Å²) in [5.74, 6) is -7.30. The van der Waals surface area contributed by atoms with Crippen LogP contribution in [-0.4, -0.2) is 35.7 Å². The van der Waals surface area contributed by atoms with Gasteiger partial charge >= 0.3 is 12.1 Å². The minimum absolute atomic E-state index is 0.0449. The first-order chi connectivity index (χ1) is 10.7. The summed E-state index contributed by atoms with van der Waals surface area (Å²) in [7, 11) is 0. The zero-order valence-electron chi connectivity index (χ0n) is 12.5. The second-order valence-corrected chi connectivity index (χ2v) is 5.86. The van der Waals surface area contributed by atoms with Crippen LogP contribution in [0.25, 0.3) is 0 Å². The predicted octanol–water partition coefficient (Wildman–Crippen LogP) is -1.39. The third kappa shape index (κ3) is 3.35. The third-order valence-electron chi connectivity index (χ3n) is 3.68. The molecule has 10 nitrogen and oxygen atoms in total. The summed E-state index contributed by atoms with van der Waals surface area (Å²) in [5, 5.41) is 7.80. The summed E-state index contributed by atoms with van der Waals surface area (Å²) in [6.45, 7) is 3.58. The van der Waals surface area contributed by atoms with Crippen molar-refractivity contribution >= 4 is 35.7 Å². The van der Waals surface area contributed by atoms with Gasteiger partial charge in [0, 0.05) is 5.92 Å². The monoisotopic (exact) mass is 324 g/mol. The number of amides is 8. The van der Waals surface area contributed by atoms with Crippen LogP contribution in [0.1, 0.15) is 20.3 Å². The van der Waals surface area contributed by atoms with Crippen LogP contribution in [0, 0.1) is 23.7 Å². The number of carbonyl (C=O) groups is 6. The Hall–Kier alpha value is -2.78. The van der Waals surface area contributed by atoms with Gasteiger partial charge in [0.05, 0.1) is 0 Å². The zero-order valence-corrected chi connectivity index (χ0v) is 12.5. The number of hydrogen-bond donors (Lipinski definition) is 4. The van der Waals surface area contributed by atoms with E-state index in [1.54, 1.807) is 13.8 Å². The lowest BCUT2D eigenvalue weighted by molar-refractivity contribution is -0.144. The fourth-order valence-corrected chi connectivity index (χ4v) is 2.85. The topological polar surface area (TPSA) is 151 Å². The number of barbiturate groups is 2. The van der Waals surface area contributed by atoms with E-state index in [2.05, 4.69) is 0 Å². The molecule has 0 aliphatic carbocycles. The summed E-state index contributed by atoms with van der Waals surface area (Å²) in [5.41, 5.74) is 0. The number of hydrogen-bond acceptors (Lipinski definition) is 6. The van der Waals surface area contributed by atoms with Gasteiger partial charge in [-0.3, -0.25) is 40.4 Å². The minimum atomic E-state index is -1.38. The molecule has 2 heterocycles. The van der Waals surface area contributed by atoms with Crippen molar-refractivity contribution in [2.75, 3.05) is 0 Å². The quantitative estimate of drug-likeness (QED) is 0.468. The summed E-state index contributed by atoms with van der Waals surface area (Å²) < 4.78 is 0. The van der Waals surface area contributed by atoms with Crippen LogP contribution >= 0.6 is 0 Å². The van der Waals surface area contributed by atoms with Crippen LogP contribution in [0.3, 0.4) is 0 Å². The fourth-order valence-electron chi connectivity index (χ4n) is 2.85. The normalized spacial score (nSPS) is 20.5. The van der Waals surface area contributed by atoms with E-state index in [4.69, 9.17) is 0 Å². The molecule has 2 aliphatic rings. The molecule has 10 heteroatoms. The summed E-state index contributed by atoms with van der Waals surface area (Å²) >= 11 is 0. The van der Waals surface area contributed by atoms with Gasteiger partial charge in [-0.25, -0.2) is 9.59 Å². The molecule has 0 spiro atoms. The lowest BCUT2D eigenvalue weighted by Gasteiger charge is -2.34. The van der Waals surface area contributed by atoms with Gasteiger partial charge in [-0.1, -0.05) is 13.8 Å². The van der Waals surface area contributed by atoms with Crippen LogP contribution < -0.4 is 21.3 Å². The van der Waals surface area contributed by atoms with Crippen molar-refractivity contribution in [3.63, 3.8) is 0 Å². The Bertz CT molecular complexity index is 526. The molecule has 2 saturated heterocycles. The Balaban J connectivity index is 2.36. The van der Waals surface area contributed by atoms with E-state index in [9.17, 15) is 28.8 Å². The molecule has 0 atom stereocenters. The maximum Gasteiger partial charge on any atom is 0.328 e. The molecule has 2 aliphatic heterocycles. The molecule has 23 heavy (non-hydrogen) atoms. The molecule has 4 N–H and O–H groups in total. The number of rotatable bonds is 4. The van der Waals surface area contributed by atoms with Gasteiger partial charge in [0.25, 0.3) is 0 Å². The highest BCUT2D eigenvalue weighted by Crippen LogP contribution is 2.31. The van der Waals surface area contributed by atoms with Gasteiger partial charge in [-0.2, -0.15) is 0 Å². The first-order valence-electron chi connectivity index (χ1n) is 7.02. The van der Waals surface area contributed by atoms with E-state index < -0.39 is 53.4 Å². The van der Waals surface area contributed by atoms with Crippen LogP contribution in [0.4, 0.5) is 9.59 Å². The van der Waals surface area contributed by atoms with E-state index in [0.717, 1.165) is 0 Å². The van der Waals surface area contributed by atoms with E-state index in [-0.39, 0.29) is 12.3 Å². The average Bonchev–Trinajstić information content (AvgIpc) is 2.34. The maximum atomic E-state index is 12.0. The van der Waals surface area contributed by atoms with Crippen molar-refractivity contribution in [3.8, 4) is 0 Å². The number of carbonyl (C=O) groups excluding carboxylic acids is 6. The Kier molecular flexibility index (Phi) is 4.43. The van der Waals surface area contributed by atoms with E-state index in [1.807, 2.05) is 21.3 Å². The van der Waals surface area contributed by atoms with Gasteiger partial charge in [0.2, 0.25) is 23.6 Å². The smallest absolute Gasteiger partial charge is 0.277 e. The molecule has 0 aromatic carbocycles. The van der Waals surface area contributed by atoms with Crippen molar-refractivity contribution in [3.05, 3.63) is 0 Å². The second-order valence-electron chi connectivity index (χ2n) is 5.86. The second kappa shape index (κ2) is 6.15. The SMILES string of the molecule is CC(C)CC(C1C(=O)NC(=O)NC1=O)C1C(=O)NC(=O)NC1=O. The average molecular weight is 324 g/mol. The number of urea groups is 2. The first kappa shape index (κ1) is 16.6. The van der Waals surface area contributed by atoms with E-state index in [1.165, 1.54) is 0 Å². The lowest BCUT2D eigenvalue weighted by atomic mass is 9.74. The maximum absolute atomic E-state index is 12.0. The lowest BCUT2D eigenvalue weighted by Crippen LogP contribution is -2.63. The van der Waals surface area contributed by atoms with Gasteiger partial charge in [0.15, 0.2) is 0 Å². The number of nitrogens with one attached hydrogen (secondary N) is 4. The fraction of sp³-hybridized carbons (Fsp3) is 0.538. The van der Waals surface area contributed by atoms with Crippen molar-refractivity contribution in [2.45, 2.75) is 20.3 Å². The molecule has 2 rings (SSSR count). The Morgan fingerprint density at radius 2 is 1.00 bits per heavy atom. The Labute approximate surface area is 130 Å². The highest BCUT2D eigenvalue weighted by molar-refractivity contribution is 6.19. The van der Waals surface area contributed by atoms with E-state index in [0.29, 0.717) is 0 Å². The number of imide groups is 4. The molecule has 0 unspecified atom stereocenters. The molecule has 0 aromatic rings. The largest absolute Gasteiger partial charge is 0.328 e. The predicted molar refractivity (Wildman–Crippen MR) is 73.3 cm³/mol. The molecule has 0 aromatic heterocycles. The highest BCUT2D eigenvalue weighted by Gasteiger charge is 2.49. The molecule has 2 fully saturated rings. The van der Waals surface area contributed by atoms with Crippen molar-refractivity contribution in [1.29, 1.82) is 0 Å². The molecule has 0 bridgehead atoms. The summed E-state index contributed by atoms with van der Waals surface area (Å²) in [6, 6.07) is -1.90. The molecule has 124 valence electrons. The van der Waals surface area contributed by atoms with Crippen LogP contribution in [0.2, 0.25) is 0 Å². The van der Waals surface area contributed by atoms with Gasteiger partial charge in [0.1, 0.15) is 11.8 Å². The van der Waals surface area contributed by atoms with Crippen molar-refractivity contribution in [1.82, 2.24) is 21.3 Å². The Morgan fingerprint density at radius 3 is 1.26 bits per heavy atom. The third-order valence-corrected chi connectivity index (χ3v) is 3.68. The van der Waals surface area contributed by atoms with Crippen LogP contribution in [0.5, 0.6) is 0 Å². The first-order valence-corrected chi connectivity index (χ1v) is 7.02. The van der Waals surface area contributed by atoms with Crippen LogP contribution in [0.15, 0.2) is 0 Å². The highest BCUT2D eigenvalue weighted by atomic mass is 16.2. The van der Waals surface area contributed by atoms with Crippen LogP contribution in [-0.2, 0) is 19.2 Å². The molecule has 0 saturated carbocycles. The molecular formula is C13H16N4O6. The molecule has 8 amide bonds. The summed E-state index contributed by atoms with van der Waals surface area (Å²) in [4.78, 5) is 70.5. The Morgan fingerprint density at radius 1 is 0.696 bits per heavy atom. The molecular weight excluding hydrogens is 308 g/mol. The minimum Gasteiger partial charge on any atom is -0.277 e. The zero-order chi connectivity index (χ0) is 17.3. The van der Waals surface area contributed by atoms with Gasteiger partial charge < -0.3 is 0 Å². The van der Waals surface area contributed by atoms with E-state index >= 15 is 0 Å². The standard InChI is InChI=1S/C13H16N4O6/c1-4(2)3-5(6-8(18)14-12(22)15-9(6)19)7-10(20)16-13(23)17-11(7)21/h4-7H,3H2,1-2H3,(H2,14,15,18,19,22)(H2,16,17,20,21,23). The van der Waals surface area contributed by atoms with Crippen molar-refractivity contribution in [2.24, 2.45) is 23.7 Å². The van der Waals surface area contributed by atoms with Crippen molar-refractivity contribution < 1.29 is 28.8 Å². The summed E-state index contributed by atoms with van der Waals surface area (Å²) in [6.07, 6.45) is 0.194.